The number of amides is 2. The maximum atomic E-state index is 13.3. The van der Waals surface area contributed by atoms with Crippen LogP contribution in [0.25, 0.3) is 16.9 Å². The van der Waals surface area contributed by atoms with E-state index < -0.39 is 0 Å². The zero-order valence-electron chi connectivity index (χ0n) is 27.4. The van der Waals surface area contributed by atoms with Crippen molar-refractivity contribution in [1.82, 2.24) is 24.4 Å². The van der Waals surface area contributed by atoms with Crippen LogP contribution >= 0.6 is 0 Å². The van der Waals surface area contributed by atoms with Crippen LogP contribution in [0.15, 0.2) is 128 Å². The number of imidazole rings is 1. The van der Waals surface area contributed by atoms with Crippen LogP contribution in [-0.4, -0.2) is 62.5 Å². The molecule has 0 aliphatic carbocycles. The summed E-state index contributed by atoms with van der Waals surface area (Å²) in [6, 6.07) is 35.3. The third-order valence-corrected chi connectivity index (χ3v) is 8.35. The minimum Gasteiger partial charge on any atom is -0.378 e. The molecule has 0 radical (unpaired) electrons. The Morgan fingerprint density at radius 2 is 1.50 bits per heavy atom. The van der Waals surface area contributed by atoms with Crippen molar-refractivity contribution in [1.29, 1.82) is 0 Å². The van der Waals surface area contributed by atoms with E-state index >= 15 is 0 Å². The molecule has 2 amide bonds. The van der Waals surface area contributed by atoms with Crippen molar-refractivity contribution in [3.8, 4) is 5.69 Å². The molecule has 0 saturated carbocycles. The summed E-state index contributed by atoms with van der Waals surface area (Å²) in [5.74, 6) is 0.626. The minimum absolute atomic E-state index is 0.0487. The normalized spacial score (nSPS) is 12.8. The van der Waals surface area contributed by atoms with Gasteiger partial charge in [0.25, 0.3) is 5.91 Å². The van der Waals surface area contributed by atoms with Gasteiger partial charge in [0, 0.05) is 43.1 Å². The monoisotopic (exact) mass is 664 g/mol. The number of aromatic nitrogens is 4. The van der Waals surface area contributed by atoms with Gasteiger partial charge in [-0.05, 0) is 53.6 Å². The summed E-state index contributed by atoms with van der Waals surface area (Å²) >= 11 is 0. The summed E-state index contributed by atoms with van der Waals surface area (Å²) in [5.41, 5.74) is 6.01. The molecule has 2 aromatic heterocycles. The Morgan fingerprint density at radius 1 is 0.820 bits per heavy atom. The maximum absolute atomic E-state index is 13.3. The summed E-state index contributed by atoms with van der Waals surface area (Å²) in [4.78, 5) is 44.3. The van der Waals surface area contributed by atoms with Crippen molar-refractivity contribution in [3.05, 3.63) is 145 Å². The lowest BCUT2D eigenvalue weighted by Crippen LogP contribution is -2.40. The Morgan fingerprint density at radius 3 is 2.20 bits per heavy atom. The van der Waals surface area contributed by atoms with Crippen LogP contribution in [0.5, 0.6) is 0 Å². The molecule has 1 aliphatic heterocycles. The van der Waals surface area contributed by atoms with Crippen molar-refractivity contribution < 1.29 is 14.3 Å². The second kappa shape index (κ2) is 14.8. The summed E-state index contributed by atoms with van der Waals surface area (Å²) in [6.07, 6.45) is 2.94. The summed E-state index contributed by atoms with van der Waals surface area (Å²) in [5, 5.41) is 6.20. The number of anilines is 4. The van der Waals surface area contributed by atoms with E-state index in [0.29, 0.717) is 79.3 Å². The van der Waals surface area contributed by atoms with Crippen LogP contribution in [0.3, 0.4) is 0 Å². The molecule has 250 valence electrons. The van der Waals surface area contributed by atoms with Gasteiger partial charge >= 0.3 is 0 Å². The lowest BCUT2D eigenvalue weighted by Gasteiger charge is -2.27. The highest BCUT2D eigenvalue weighted by Gasteiger charge is 2.22. The number of hydrogen-bond donors (Lipinski definition) is 2. The van der Waals surface area contributed by atoms with Gasteiger partial charge in [-0.2, -0.15) is 9.97 Å². The second-order valence-corrected chi connectivity index (χ2v) is 11.8. The summed E-state index contributed by atoms with van der Waals surface area (Å²) in [6.45, 7) is 6.87. The Kier molecular flexibility index (Phi) is 9.56. The van der Waals surface area contributed by atoms with Gasteiger partial charge in [0.15, 0.2) is 17.0 Å². The van der Waals surface area contributed by atoms with E-state index in [2.05, 4.69) is 46.4 Å². The van der Waals surface area contributed by atoms with Crippen LogP contribution in [0, 0.1) is 0 Å². The first kappa shape index (κ1) is 32.2. The molecule has 50 heavy (non-hydrogen) atoms. The fraction of sp³-hybridized carbons (Fsp3) is 0.154. The highest BCUT2D eigenvalue weighted by molar-refractivity contribution is 5.99. The van der Waals surface area contributed by atoms with Crippen molar-refractivity contribution in [2.75, 3.05) is 41.8 Å². The first-order valence-corrected chi connectivity index (χ1v) is 16.4. The van der Waals surface area contributed by atoms with Crippen LogP contribution in [0.1, 0.15) is 21.5 Å². The van der Waals surface area contributed by atoms with Gasteiger partial charge in [0.1, 0.15) is 6.33 Å². The van der Waals surface area contributed by atoms with E-state index in [1.165, 1.54) is 6.08 Å². The Labute approximate surface area is 289 Å². The second-order valence-electron chi connectivity index (χ2n) is 11.8. The van der Waals surface area contributed by atoms with Crippen molar-refractivity contribution in [3.63, 3.8) is 0 Å². The molecule has 11 heteroatoms. The van der Waals surface area contributed by atoms with Gasteiger partial charge in [-0.3, -0.25) is 14.2 Å². The number of morpholine rings is 1. The zero-order chi connectivity index (χ0) is 34.3. The number of carbonyl (C=O) groups excluding carboxylic acids is 2. The molecule has 1 aliphatic rings. The molecular formula is C39H36N8O3. The van der Waals surface area contributed by atoms with Crippen molar-refractivity contribution in [2.45, 2.75) is 13.1 Å². The molecule has 11 nitrogen and oxygen atoms in total. The van der Waals surface area contributed by atoms with Gasteiger partial charge in [0.05, 0.1) is 18.9 Å². The third kappa shape index (κ3) is 7.38. The number of rotatable bonds is 11. The first-order valence-electron chi connectivity index (χ1n) is 16.4. The molecule has 0 spiro atoms. The summed E-state index contributed by atoms with van der Waals surface area (Å²) < 4.78 is 7.31. The summed E-state index contributed by atoms with van der Waals surface area (Å²) in [7, 11) is 0. The number of ether oxygens (including phenoxy) is 1. The Bertz CT molecular complexity index is 2090. The Balaban J connectivity index is 1.32. The molecule has 2 N–H and O–H groups in total. The smallest absolute Gasteiger partial charge is 0.254 e. The molecule has 4 aromatic carbocycles. The minimum atomic E-state index is -0.305. The number of nitrogens with one attached hydrogen (secondary N) is 2. The van der Waals surface area contributed by atoms with E-state index in [4.69, 9.17) is 19.7 Å². The van der Waals surface area contributed by atoms with Crippen molar-refractivity contribution in [2.24, 2.45) is 0 Å². The quantitative estimate of drug-likeness (QED) is 0.154. The average molecular weight is 665 g/mol. The Hall–Kier alpha value is -6.33. The van der Waals surface area contributed by atoms with Crippen LogP contribution in [0.2, 0.25) is 0 Å². The molecule has 0 unspecified atom stereocenters. The first-order chi connectivity index (χ1) is 24.5. The highest BCUT2D eigenvalue weighted by Crippen LogP contribution is 2.31. The average Bonchev–Trinajstić information content (AvgIpc) is 3.59. The highest BCUT2D eigenvalue weighted by atomic mass is 16.5. The topological polar surface area (TPSA) is 118 Å². The predicted octanol–water partition coefficient (Wildman–Crippen LogP) is 6.36. The zero-order valence-corrected chi connectivity index (χ0v) is 27.4. The molecule has 0 bridgehead atoms. The number of carbonyl (C=O) groups is 2. The molecular weight excluding hydrogens is 628 g/mol. The molecule has 7 rings (SSSR count). The molecule has 6 aromatic rings. The van der Waals surface area contributed by atoms with Gasteiger partial charge < -0.3 is 25.2 Å². The molecule has 0 atom stereocenters. The fourth-order valence-corrected chi connectivity index (χ4v) is 5.90. The lowest BCUT2D eigenvalue weighted by molar-refractivity contribution is -0.111. The number of nitrogens with zero attached hydrogens (tertiary/aromatic N) is 6. The molecule has 3 heterocycles. The molecule has 1 saturated heterocycles. The number of fused-ring (bicyclic) bond motifs is 1. The van der Waals surface area contributed by atoms with Gasteiger partial charge in [-0.1, -0.05) is 79.4 Å². The van der Waals surface area contributed by atoms with Crippen molar-refractivity contribution >= 4 is 46.1 Å². The largest absolute Gasteiger partial charge is 0.378 e. The number of hydrogen-bond acceptors (Lipinski definition) is 8. The van der Waals surface area contributed by atoms with Gasteiger partial charge in [-0.15, -0.1) is 0 Å². The van der Waals surface area contributed by atoms with E-state index in [1.807, 2.05) is 89.5 Å². The van der Waals surface area contributed by atoms with E-state index in [0.717, 1.165) is 16.8 Å². The van der Waals surface area contributed by atoms with Crippen LogP contribution in [-0.2, 0) is 22.6 Å². The lowest BCUT2D eigenvalue weighted by atomic mass is 10.1. The van der Waals surface area contributed by atoms with E-state index in [1.54, 1.807) is 11.2 Å². The van der Waals surface area contributed by atoms with Crippen LogP contribution < -0.4 is 15.5 Å². The van der Waals surface area contributed by atoms with Crippen LogP contribution in [0.4, 0.5) is 23.1 Å². The fourth-order valence-electron chi connectivity index (χ4n) is 5.90. The third-order valence-electron chi connectivity index (χ3n) is 8.35. The molecule has 1 fully saturated rings. The maximum Gasteiger partial charge on any atom is 0.254 e. The predicted molar refractivity (Wildman–Crippen MR) is 195 cm³/mol. The standard InChI is InChI=1S/C39H36N8O3/c1-2-34(48)41-32-17-10-18-33(24-32)47-27-40-35-36(46(25-28-11-5-3-6-12-28)26-29-13-7-4-8-14-29)43-39(44-37(35)47)42-31-16-9-15-30(23-31)38(49)45-19-21-50-22-20-45/h2-18,23-24,27H,1,19-22,25-26H2,(H,41,48)(H,42,43,44). The number of benzene rings is 4. The SMILES string of the molecule is C=CC(=O)Nc1cccc(-n2cnc3c(N(Cc4ccccc4)Cc4ccccc4)nc(Nc4cccc(C(=O)N5CCOCC5)c4)nc32)c1. The van der Waals surface area contributed by atoms with E-state index in [9.17, 15) is 9.59 Å². The van der Waals surface area contributed by atoms with Gasteiger partial charge in [-0.25, -0.2) is 4.98 Å². The van der Waals surface area contributed by atoms with Gasteiger partial charge in [0.2, 0.25) is 11.9 Å². The van der Waals surface area contributed by atoms with E-state index in [-0.39, 0.29) is 11.8 Å².